The Balaban J connectivity index is 2.26. The lowest BCUT2D eigenvalue weighted by molar-refractivity contribution is -0.120. The second kappa shape index (κ2) is 4.56. The standard InChI is InChI=1S/C12H17NO3/c1-5-10(14)8-6-9(7-8)13-11(15)16-12(2,3)4/h1,8-9H,6-7H2,2-4H3,(H,13,15). The molecule has 1 N–H and O–H groups in total. The van der Waals surface area contributed by atoms with Crippen molar-refractivity contribution in [2.24, 2.45) is 5.92 Å². The van der Waals surface area contributed by atoms with Gasteiger partial charge < -0.3 is 10.1 Å². The van der Waals surface area contributed by atoms with Gasteiger partial charge in [-0.3, -0.25) is 4.79 Å². The molecule has 1 saturated carbocycles. The molecule has 0 aliphatic heterocycles. The number of carbonyl (C=O) groups is 2. The lowest BCUT2D eigenvalue weighted by Crippen LogP contribution is -2.47. The Morgan fingerprint density at radius 1 is 1.38 bits per heavy atom. The molecule has 1 fully saturated rings. The second-order valence-electron chi connectivity index (χ2n) is 5.02. The third kappa shape index (κ3) is 3.58. The number of ether oxygens (including phenoxy) is 1. The summed E-state index contributed by atoms with van der Waals surface area (Å²) in [6, 6.07) is 0.0112. The molecule has 1 aliphatic rings. The molecule has 0 unspecified atom stereocenters. The molecule has 4 nitrogen and oxygen atoms in total. The first-order chi connectivity index (χ1) is 7.31. The predicted molar refractivity (Wildman–Crippen MR) is 59.7 cm³/mol. The number of ketones is 1. The molecule has 1 amide bonds. The quantitative estimate of drug-likeness (QED) is 0.570. The van der Waals surface area contributed by atoms with Crippen LogP contribution in [-0.4, -0.2) is 23.5 Å². The lowest BCUT2D eigenvalue weighted by Gasteiger charge is -2.34. The van der Waals surface area contributed by atoms with Gasteiger partial charge in [0.1, 0.15) is 5.60 Å². The largest absolute Gasteiger partial charge is 0.444 e. The van der Waals surface area contributed by atoms with Crippen LogP contribution in [0.5, 0.6) is 0 Å². The molecule has 4 heteroatoms. The van der Waals surface area contributed by atoms with E-state index in [-0.39, 0.29) is 17.7 Å². The van der Waals surface area contributed by atoms with Crippen LogP contribution in [0.1, 0.15) is 33.6 Å². The number of carbonyl (C=O) groups excluding carboxylic acids is 2. The van der Waals surface area contributed by atoms with E-state index in [0.29, 0.717) is 12.8 Å². The first kappa shape index (κ1) is 12.6. The molecule has 0 aromatic heterocycles. The van der Waals surface area contributed by atoms with Gasteiger partial charge in [-0.2, -0.15) is 0 Å². The van der Waals surface area contributed by atoms with Crippen LogP contribution in [0.2, 0.25) is 0 Å². The van der Waals surface area contributed by atoms with Gasteiger partial charge in [-0.1, -0.05) is 0 Å². The number of alkyl carbamates (subject to hydrolysis) is 1. The van der Waals surface area contributed by atoms with E-state index in [1.165, 1.54) is 0 Å². The number of terminal acetylenes is 1. The molecule has 0 spiro atoms. The molecular weight excluding hydrogens is 206 g/mol. The molecule has 1 aliphatic carbocycles. The van der Waals surface area contributed by atoms with E-state index >= 15 is 0 Å². The molecule has 0 radical (unpaired) electrons. The van der Waals surface area contributed by atoms with Gasteiger partial charge in [0.25, 0.3) is 0 Å². The number of amides is 1. The van der Waals surface area contributed by atoms with Gasteiger partial charge >= 0.3 is 6.09 Å². The van der Waals surface area contributed by atoms with Gasteiger partial charge in [-0.15, -0.1) is 6.42 Å². The number of rotatable bonds is 2. The summed E-state index contributed by atoms with van der Waals surface area (Å²) in [5.74, 6) is 1.82. The summed E-state index contributed by atoms with van der Waals surface area (Å²) in [6.07, 6.45) is 5.79. The van der Waals surface area contributed by atoms with Crippen LogP contribution in [-0.2, 0) is 9.53 Å². The van der Waals surface area contributed by atoms with Gasteiger partial charge in [0.05, 0.1) is 0 Å². The van der Waals surface area contributed by atoms with Gasteiger partial charge in [-0.05, 0) is 39.5 Å². The Kier molecular flexibility index (Phi) is 3.58. The third-order valence-corrected chi connectivity index (χ3v) is 2.37. The molecule has 0 saturated heterocycles. The highest BCUT2D eigenvalue weighted by molar-refractivity contribution is 5.97. The summed E-state index contributed by atoms with van der Waals surface area (Å²) in [7, 11) is 0. The predicted octanol–water partition coefficient (Wildman–Crippen LogP) is 1.49. The molecule has 1 rings (SSSR count). The molecule has 16 heavy (non-hydrogen) atoms. The fourth-order valence-electron chi connectivity index (χ4n) is 1.54. The highest BCUT2D eigenvalue weighted by atomic mass is 16.6. The normalized spacial score (nSPS) is 23.9. The van der Waals surface area contributed by atoms with Crippen LogP contribution in [0.25, 0.3) is 0 Å². The smallest absolute Gasteiger partial charge is 0.407 e. The number of hydrogen-bond acceptors (Lipinski definition) is 3. The van der Waals surface area contributed by atoms with Crippen LogP contribution in [0.15, 0.2) is 0 Å². The maximum Gasteiger partial charge on any atom is 0.407 e. The van der Waals surface area contributed by atoms with Crippen molar-refractivity contribution in [1.29, 1.82) is 0 Å². The third-order valence-electron chi connectivity index (χ3n) is 2.37. The van der Waals surface area contributed by atoms with Crippen molar-refractivity contribution >= 4 is 11.9 Å². The summed E-state index contributed by atoms with van der Waals surface area (Å²) in [4.78, 5) is 22.4. The van der Waals surface area contributed by atoms with Crippen molar-refractivity contribution in [3.63, 3.8) is 0 Å². The Morgan fingerprint density at radius 2 is 1.94 bits per heavy atom. The van der Waals surface area contributed by atoms with E-state index in [9.17, 15) is 9.59 Å². The van der Waals surface area contributed by atoms with Crippen LogP contribution in [0, 0.1) is 18.3 Å². The second-order valence-corrected chi connectivity index (χ2v) is 5.02. The average molecular weight is 223 g/mol. The Labute approximate surface area is 95.7 Å². The van der Waals surface area contributed by atoms with Gasteiger partial charge in [0, 0.05) is 12.0 Å². The Hall–Kier alpha value is -1.50. The number of hydrogen-bond donors (Lipinski definition) is 1. The van der Waals surface area contributed by atoms with Gasteiger partial charge in [0.15, 0.2) is 0 Å². The molecule has 0 aromatic carbocycles. The first-order valence-electron chi connectivity index (χ1n) is 5.32. The van der Waals surface area contributed by atoms with Crippen LogP contribution >= 0.6 is 0 Å². The van der Waals surface area contributed by atoms with Crippen molar-refractivity contribution in [3.8, 4) is 12.3 Å². The maximum absolute atomic E-state index is 11.3. The zero-order chi connectivity index (χ0) is 12.3. The lowest BCUT2D eigenvalue weighted by atomic mass is 9.78. The summed E-state index contributed by atoms with van der Waals surface area (Å²) in [5.41, 5.74) is -0.498. The van der Waals surface area contributed by atoms with E-state index in [1.807, 2.05) is 0 Å². The summed E-state index contributed by atoms with van der Waals surface area (Å²) in [6.45, 7) is 5.41. The minimum Gasteiger partial charge on any atom is -0.444 e. The first-order valence-corrected chi connectivity index (χ1v) is 5.32. The molecule has 0 atom stereocenters. The molecule has 88 valence electrons. The highest BCUT2D eigenvalue weighted by Gasteiger charge is 2.35. The molecular formula is C12H17NO3. The van der Waals surface area contributed by atoms with Crippen molar-refractivity contribution in [2.75, 3.05) is 0 Å². The van der Waals surface area contributed by atoms with Crippen molar-refractivity contribution in [3.05, 3.63) is 0 Å². The van der Waals surface area contributed by atoms with E-state index in [0.717, 1.165) is 0 Å². The summed E-state index contributed by atoms with van der Waals surface area (Å²) < 4.78 is 5.09. The minimum absolute atomic E-state index is 0.0112. The zero-order valence-corrected chi connectivity index (χ0v) is 9.87. The minimum atomic E-state index is -0.498. The Morgan fingerprint density at radius 3 is 2.38 bits per heavy atom. The molecule has 0 bridgehead atoms. The van der Waals surface area contributed by atoms with Crippen LogP contribution in [0.4, 0.5) is 4.79 Å². The van der Waals surface area contributed by atoms with E-state index in [4.69, 9.17) is 11.2 Å². The molecule has 0 heterocycles. The summed E-state index contributed by atoms with van der Waals surface area (Å²) in [5, 5.41) is 2.70. The Bertz CT molecular complexity index is 329. The van der Waals surface area contributed by atoms with E-state index < -0.39 is 11.7 Å². The highest BCUT2D eigenvalue weighted by Crippen LogP contribution is 2.28. The zero-order valence-electron chi connectivity index (χ0n) is 9.87. The van der Waals surface area contributed by atoms with Gasteiger partial charge in [-0.25, -0.2) is 4.79 Å². The van der Waals surface area contributed by atoms with Crippen molar-refractivity contribution in [1.82, 2.24) is 5.32 Å². The van der Waals surface area contributed by atoms with Crippen molar-refractivity contribution in [2.45, 2.75) is 45.3 Å². The topological polar surface area (TPSA) is 55.4 Å². The fraction of sp³-hybridized carbons (Fsp3) is 0.667. The van der Waals surface area contributed by atoms with Crippen LogP contribution in [0.3, 0.4) is 0 Å². The maximum atomic E-state index is 11.3. The SMILES string of the molecule is C#CC(=O)C1CC(NC(=O)OC(C)(C)C)C1. The number of Topliss-reactive ketones (excluding diaryl/α,β-unsaturated/α-hetero) is 1. The van der Waals surface area contributed by atoms with Crippen molar-refractivity contribution < 1.29 is 14.3 Å². The monoisotopic (exact) mass is 223 g/mol. The van der Waals surface area contributed by atoms with Crippen LogP contribution < -0.4 is 5.32 Å². The average Bonchev–Trinajstić information content (AvgIpc) is 2.06. The van der Waals surface area contributed by atoms with E-state index in [1.54, 1.807) is 20.8 Å². The summed E-state index contributed by atoms with van der Waals surface area (Å²) >= 11 is 0. The molecule has 0 aromatic rings. The fourth-order valence-corrected chi connectivity index (χ4v) is 1.54. The van der Waals surface area contributed by atoms with E-state index in [2.05, 4.69) is 11.2 Å². The number of nitrogens with one attached hydrogen (secondary N) is 1. The van der Waals surface area contributed by atoms with Gasteiger partial charge in [0.2, 0.25) is 5.78 Å².